The summed E-state index contributed by atoms with van der Waals surface area (Å²) in [7, 11) is 4.61. The molecule has 13 nitrogen and oxygen atoms in total. The van der Waals surface area contributed by atoms with Gasteiger partial charge in [0.1, 0.15) is 6.04 Å². The van der Waals surface area contributed by atoms with Crippen LogP contribution in [0.2, 0.25) is 0 Å². The Bertz CT molecular complexity index is 1750. The number of esters is 1. The van der Waals surface area contributed by atoms with Gasteiger partial charge in [0.2, 0.25) is 18.4 Å². The van der Waals surface area contributed by atoms with Crippen molar-refractivity contribution in [1.29, 1.82) is 0 Å². The highest BCUT2D eigenvalue weighted by atomic mass is 16.7. The van der Waals surface area contributed by atoms with Crippen LogP contribution >= 0.6 is 0 Å². The number of nitrogens with one attached hydrogen (secondary N) is 1. The van der Waals surface area contributed by atoms with Crippen molar-refractivity contribution in [3.05, 3.63) is 52.6 Å². The van der Waals surface area contributed by atoms with E-state index in [-0.39, 0.29) is 31.2 Å². The highest BCUT2D eigenvalue weighted by Crippen LogP contribution is 2.55. The molecular formula is C39H51N3O10. The second kappa shape index (κ2) is 14.1. The third kappa shape index (κ3) is 6.11. The SMILES string of the molecule is CCCC(C(=O)N[C@@H]1c2cc3c(cc2[C@@H](c2cc(OC)c(OC)c(OC)c2)[C@H]2C(=O)OC[C@@H]21)OCO3)N(CCC)C(=O)C1=CC(C)(C)N(O)C1(C)C. The molecular weight excluding hydrogens is 670 g/mol. The van der Waals surface area contributed by atoms with E-state index in [2.05, 4.69) is 5.32 Å². The fourth-order valence-corrected chi connectivity index (χ4v) is 8.52. The molecule has 1 saturated heterocycles. The van der Waals surface area contributed by atoms with Crippen molar-refractivity contribution in [3.8, 4) is 28.7 Å². The van der Waals surface area contributed by atoms with Crippen molar-refractivity contribution in [2.75, 3.05) is 41.3 Å². The molecule has 3 aliphatic heterocycles. The molecule has 0 aromatic heterocycles. The molecule has 2 amide bonds. The Morgan fingerprint density at radius 3 is 2.13 bits per heavy atom. The molecule has 5 atom stereocenters. The molecule has 0 radical (unpaired) electrons. The van der Waals surface area contributed by atoms with Crippen molar-refractivity contribution >= 4 is 17.8 Å². The number of fused-ring (bicyclic) bond motifs is 3. The molecule has 1 aliphatic carbocycles. The van der Waals surface area contributed by atoms with Crippen LogP contribution in [0.5, 0.6) is 28.7 Å². The van der Waals surface area contributed by atoms with Gasteiger partial charge in [0.25, 0.3) is 5.91 Å². The third-order valence-electron chi connectivity index (χ3n) is 11.0. The smallest absolute Gasteiger partial charge is 0.310 e. The summed E-state index contributed by atoms with van der Waals surface area (Å²) in [6.45, 7) is 11.7. The molecule has 1 unspecified atom stereocenters. The first kappa shape index (κ1) is 37.3. The summed E-state index contributed by atoms with van der Waals surface area (Å²) in [5, 5.41) is 15.5. The van der Waals surface area contributed by atoms with Crippen LogP contribution in [0.3, 0.4) is 0 Å². The third-order valence-corrected chi connectivity index (χ3v) is 11.0. The van der Waals surface area contributed by atoms with Gasteiger partial charge in [-0.15, -0.1) is 0 Å². The van der Waals surface area contributed by atoms with E-state index in [4.69, 9.17) is 28.4 Å². The quantitative estimate of drug-likeness (QED) is 0.282. The summed E-state index contributed by atoms with van der Waals surface area (Å²) in [6.07, 6.45) is 3.46. The molecule has 2 N–H and O–H groups in total. The first-order valence-electron chi connectivity index (χ1n) is 18.0. The Labute approximate surface area is 305 Å². The van der Waals surface area contributed by atoms with E-state index >= 15 is 0 Å². The zero-order valence-corrected chi connectivity index (χ0v) is 31.5. The second-order valence-electron chi connectivity index (χ2n) is 15.0. The molecule has 1 fully saturated rings. The average molecular weight is 722 g/mol. The lowest BCUT2D eigenvalue weighted by atomic mass is 9.65. The fraction of sp³-hybridized carbons (Fsp3) is 0.564. The van der Waals surface area contributed by atoms with Gasteiger partial charge in [-0.25, -0.2) is 0 Å². The molecule has 3 heterocycles. The molecule has 52 heavy (non-hydrogen) atoms. The number of carbonyl (C=O) groups excluding carboxylic acids is 3. The standard InChI is InChI=1S/C39H51N3O10/c1-10-12-26(41(13-11-2)36(44)25-18-38(3,4)42(46)39(25,5)6)35(43)40-33-23-17-28-27(51-20-52-28)16-22(23)31(32-24(33)19-50-37(32)45)21-14-29(47-7)34(49-9)30(15-21)48-8/h14-18,24,26,31-33,46H,10-13,19-20H2,1-9H3,(H,40,43)/t24-,26?,31+,32-,33+/m0/s1. The number of carbonyl (C=O) groups is 3. The van der Waals surface area contributed by atoms with Gasteiger partial charge in [0, 0.05) is 24.0 Å². The minimum Gasteiger partial charge on any atom is -0.493 e. The fourth-order valence-electron chi connectivity index (χ4n) is 8.52. The van der Waals surface area contributed by atoms with Gasteiger partial charge in [0.05, 0.1) is 51.0 Å². The average Bonchev–Trinajstić information content (AvgIpc) is 3.79. The Morgan fingerprint density at radius 1 is 0.962 bits per heavy atom. The van der Waals surface area contributed by atoms with Gasteiger partial charge in [-0.3, -0.25) is 14.4 Å². The second-order valence-corrected chi connectivity index (χ2v) is 15.0. The lowest BCUT2D eigenvalue weighted by molar-refractivity contribution is -0.186. The number of hydrogen-bond acceptors (Lipinski definition) is 11. The summed E-state index contributed by atoms with van der Waals surface area (Å²) in [5.74, 6) is -0.299. The van der Waals surface area contributed by atoms with Crippen LogP contribution in [0.4, 0.5) is 0 Å². The topological polar surface area (TPSA) is 145 Å². The molecule has 282 valence electrons. The maximum absolute atomic E-state index is 14.7. The lowest BCUT2D eigenvalue weighted by Crippen LogP contribution is -2.55. The van der Waals surface area contributed by atoms with Gasteiger partial charge in [-0.2, -0.15) is 5.06 Å². The number of cyclic esters (lactones) is 1. The molecule has 13 heteroatoms. The predicted molar refractivity (Wildman–Crippen MR) is 190 cm³/mol. The number of ether oxygens (including phenoxy) is 6. The minimum atomic E-state index is -0.971. The Morgan fingerprint density at radius 2 is 1.60 bits per heavy atom. The number of amides is 2. The zero-order valence-electron chi connectivity index (χ0n) is 31.5. The van der Waals surface area contributed by atoms with Gasteiger partial charge >= 0.3 is 5.97 Å². The van der Waals surface area contributed by atoms with Crippen LogP contribution < -0.4 is 29.0 Å². The maximum Gasteiger partial charge on any atom is 0.310 e. The van der Waals surface area contributed by atoms with E-state index in [1.807, 2.05) is 52.0 Å². The first-order valence-corrected chi connectivity index (χ1v) is 18.0. The normalized spacial score (nSPS) is 24.3. The largest absolute Gasteiger partial charge is 0.493 e. The zero-order chi connectivity index (χ0) is 37.7. The first-order chi connectivity index (χ1) is 24.7. The molecule has 2 aromatic carbocycles. The molecule has 2 aromatic rings. The van der Waals surface area contributed by atoms with Crippen LogP contribution in [-0.2, 0) is 19.1 Å². The van der Waals surface area contributed by atoms with Gasteiger partial charge in [-0.05, 0) is 81.5 Å². The minimum absolute atomic E-state index is 0.0416. The molecule has 4 aliphatic rings. The van der Waals surface area contributed by atoms with E-state index in [0.29, 0.717) is 60.1 Å². The number of rotatable bonds is 12. The van der Waals surface area contributed by atoms with Crippen molar-refractivity contribution in [1.82, 2.24) is 15.3 Å². The molecule has 0 bridgehead atoms. The van der Waals surface area contributed by atoms with Crippen LogP contribution in [0.25, 0.3) is 0 Å². The molecule has 0 spiro atoms. The Balaban J connectivity index is 1.43. The summed E-state index contributed by atoms with van der Waals surface area (Å²) in [4.78, 5) is 44.5. The summed E-state index contributed by atoms with van der Waals surface area (Å²) in [6, 6.07) is 5.95. The van der Waals surface area contributed by atoms with Crippen molar-refractivity contribution in [3.63, 3.8) is 0 Å². The van der Waals surface area contributed by atoms with Gasteiger partial charge in [0.15, 0.2) is 23.0 Å². The summed E-state index contributed by atoms with van der Waals surface area (Å²) in [5.41, 5.74) is 0.954. The van der Waals surface area contributed by atoms with Crippen molar-refractivity contribution < 1.29 is 48.0 Å². The summed E-state index contributed by atoms with van der Waals surface area (Å²) < 4.78 is 34.3. The number of methoxy groups -OCH3 is 3. The van der Waals surface area contributed by atoms with Crippen LogP contribution in [0.15, 0.2) is 35.9 Å². The van der Waals surface area contributed by atoms with E-state index in [9.17, 15) is 19.6 Å². The molecule has 0 saturated carbocycles. The Hall–Kier alpha value is -4.49. The predicted octanol–water partition coefficient (Wildman–Crippen LogP) is 5.13. The number of hydroxylamine groups is 2. The highest BCUT2D eigenvalue weighted by Gasteiger charge is 2.54. The van der Waals surface area contributed by atoms with Crippen LogP contribution in [0.1, 0.15) is 89.5 Å². The van der Waals surface area contributed by atoms with Gasteiger partial charge in [-0.1, -0.05) is 26.3 Å². The Kier molecular flexibility index (Phi) is 10.1. The van der Waals surface area contributed by atoms with Crippen molar-refractivity contribution in [2.45, 2.75) is 89.9 Å². The van der Waals surface area contributed by atoms with Crippen molar-refractivity contribution in [2.24, 2.45) is 11.8 Å². The number of nitrogens with zero attached hydrogens (tertiary/aromatic N) is 2. The van der Waals surface area contributed by atoms with E-state index in [1.54, 1.807) is 24.8 Å². The van der Waals surface area contributed by atoms with Crippen LogP contribution in [0, 0.1) is 11.8 Å². The number of hydrogen-bond donors (Lipinski definition) is 2. The molecule has 6 rings (SSSR count). The monoisotopic (exact) mass is 721 g/mol. The van der Waals surface area contributed by atoms with E-state index in [0.717, 1.165) is 16.7 Å². The highest BCUT2D eigenvalue weighted by molar-refractivity contribution is 5.99. The maximum atomic E-state index is 14.7. The van der Waals surface area contributed by atoms with E-state index < -0.39 is 40.9 Å². The van der Waals surface area contributed by atoms with Gasteiger partial charge < -0.3 is 43.8 Å². The van der Waals surface area contributed by atoms with Crippen LogP contribution in [-0.4, -0.2) is 91.3 Å². The van der Waals surface area contributed by atoms with E-state index in [1.165, 1.54) is 26.4 Å². The number of benzene rings is 2. The summed E-state index contributed by atoms with van der Waals surface area (Å²) >= 11 is 0. The lowest BCUT2D eigenvalue weighted by Gasteiger charge is -2.41.